The SMILES string of the molecule is CC(N)=NCCCCC(CC#N)(C(=O)OCC(Cl)(Cl)Cl)N1C(=O)c2ccccc2C1=O. The number of unbranched alkanes of at least 4 members (excludes halogenated alkanes) is 1. The van der Waals surface area contributed by atoms with Gasteiger partial charge in [0.25, 0.3) is 11.8 Å². The number of nitriles is 1. The standard InChI is InChI=1S/C20H21Cl3N4O4/c1-13(25)26-11-5-4-8-19(9-10-24,18(30)31-12-20(21,22)23)27-16(28)14-6-2-3-7-15(14)17(27)29/h2-3,6-7H,4-5,8-9,11-12H2,1H3,(H2,25,26). The molecular formula is C20H21Cl3N4O4. The molecule has 1 heterocycles. The lowest BCUT2D eigenvalue weighted by Crippen LogP contribution is -2.58. The summed E-state index contributed by atoms with van der Waals surface area (Å²) in [5.41, 5.74) is 3.93. The quantitative estimate of drug-likeness (QED) is 0.142. The Morgan fingerprint density at radius 2 is 1.77 bits per heavy atom. The van der Waals surface area contributed by atoms with Crippen LogP contribution in [0.15, 0.2) is 29.3 Å². The minimum atomic E-state index is -1.90. The molecule has 0 aromatic heterocycles. The number of aliphatic imine (C=N–C) groups is 1. The molecule has 0 bridgehead atoms. The molecule has 0 aliphatic carbocycles. The molecule has 1 aliphatic heterocycles. The molecule has 0 saturated heterocycles. The first kappa shape index (κ1) is 24.9. The van der Waals surface area contributed by atoms with Gasteiger partial charge in [0.1, 0.15) is 6.61 Å². The van der Waals surface area contributed by atoms with Crippen LogP contribution in [-0.4, -0.2) is 51.0 Å². The van der Waals surface area contributed by atoms with E-state index in [1.54, 1.807) is 19.1 Å². The van der Waals surface area contributed by atoms with Gasteiger partial charge in [0.2, 0.25) is 3.79 Å². The van der Waals surface area contributed by atoms with Crippen LogP contribution in [0.4, 0.5) is 0 Å². The van der Waals surface area contributed by atoms with Crippen LogP contribution in [0.3, 0.4) is 0 Å². The van der Waals surface area contributed by atoms with Crippen molar-refractivity contribution >= 4 is 58.4 Å². The van der Waals surface area contributed by atoms with Gasteiger partial charge in [0.15, 0.2) is 5.54 Å². The maximum absolute atomic E-state index is 13.2. The van der Waals surface area contributed by atoms with Gasteiger partial charge in [-0.05, 0) is 38.3 Å². The number of carbonyl (C=O) groups is 3. The fourth-order valence-corrected chi connectivity index (χ4v) is 3.48. The summed E-state index contributed by atoms with van der Waals surface area (Å²) in [5.74, 6) is -1.95. The lowest BCUT2D eigenvalue weighted by Gasteiger charge is -2.37. The summed E-state index contributed by atoms with van der Waals surface area (Å²) in [6.45, 7) is 1.42. The van der Waals surface area contributed by atoms with Crippen LogP contribution in [0.5, 0.6) is 0 Å². The van der Waals surface area contributed by atoms with E-state index >= 15 is 0 Å². The maximum atomic E-state index is 13.2. The molecule has 1 unspecified atom stereocenters. The second-order valence-corrected chi connectivity index (χ2v) is 9.55. The number of rotatable bonds is 9. The third-order valence-corrected chi connectivity index (χ3v) is 5.03. The third kappa shape index (κ3) is 5.88. The number of alkyl halides is 3. The van der Waals surface area contributed by atoms with Crippen LogP contribution < -0.4 is 5.73 Å². The van der Waals surface area contributed by atoms with Crippen LogP contribution in [-0.2, 0) is 9.53 Å². The Balaban J connectivity index is 2.41. The first-order chi connectivity index (χ1) is 14.5. The summed E-state index contributed by atoms with van der Waals surface area (Å²) in [5, 5.41) is 9.48. The summed E-state index contributed by atoms with van der Waals surface area (Å²) >= 11 is 17.1. The number of hydrogen-bond acceptors (Lipinski definition) is 6. The van der Waals surface area contributed by atoms with E-state index in [0.717, 1.165) is 4.90 Å². The molecule has 2 amide bonds. The molecular weight excluding hydrogens is 467 g/mol. The monoisotopic (exact) mass is 486 g/mol. The van der Waals surface area contributed by atoms with Gasteiger partial charge in [-0.2, -0.15) is 5.26 Å². The molecule has 0 fully saturated rings. The van der Waals surface area contributed by atoms with E-state index < -0.39 is 40.1 Å². The minimum absolute atomic E-state index is 0.0240. The molecule has 2 N–H and O–H groups in total. The smallest absolute Gasteiger partial charge is 0.333 e. The number of ether oxygens (including phenoxy) is 1. The second kappa shape index (κ2) is 10.3. The second-order valence-electron chi connectivity index (χ2n) is 7.03. The van der Waals surface area contributed by atoms with Crippen molar-refractivity contribution in [3.8, 4) is 6.07 Å². The molecule has 8 nitrogen and oxygen atoms in total. The van der Waals surface area contributed by atoms with E-state index in [1.165, 1.54) is 12.1 Å². The number of amides is 2. The first-order valence-corrected chi connectivity index (χ1v) is 10.5. The Morgan fingerprint density at radius 1 is 1.19 bits per heavy atom. The van der Waals surface area contributed by atoms with Crippen LogP contribution in [0.2, 0.25) is 0 Å². The predicted octanol–water partition coefficient (Wildman–Crippen LogP) is 3.40. The van der Waals surface area contributed by atoms with Crippen molar-refractivity contribution in [2.24, 2.45) is 10.7 Å². The van der Waals surface area contributed by atoms with Gasteiger partial charge in [0, 0.05) is 6.54 Å². The Kier molecular flexibility index (Phi) is 8.29. The molecule has 0 saturated carbocycles. The molecule has 1 atom stereocenters. The third-order valence-electron chi connectivity index (χ3n) is 4.70. The number of esters is 1. The number of benzene rings is 1. The highest BCUT2D eigenvalue weighted by atomic mass is 35.6. The number of fused-ring (bicyclic) bond motifs is 1. The van der Waals surface area contributed by atoms with E-state index in [0.29, 0.717) is 25.2 Å². The molecule has 1 aromatic carbocycles. The van der Waals surface area contributed by atoms with Crippen molar-refractivity contribution in [3.63, 3.8) is 0 Å². The highest BCUT2D eigenvalue weighted by Gasteiger charge is 2.54. The van der Waals surface area contributed by atoms with Crippen molar-refractivity contribution in [1.29, 1.82) is 5.26 Å². The maximum Gasteiger partial charge on any atom is 0.333 e. The molecule has 11 heteroatoms. The molecule has 2 rings (SSSR count). The number of amidine groups is 1. The number of nitrogens with two attached hydrogens (primary N) is 1. The Hall–Kier alpha value is -2.34. The molecule has 0 spiro atoms. The fourth-order valence-electron chi connectivity index (χ4n) is 3.32. The summed E-state index contributed by atoms with van der Waals surface area (Å²) in [4.78, 5) is 44.2. The predicted molar refractivity (Wildman–Crippen MR) is 117 cm³/mol. The lowest BCUT2D eigenvalue weighted by atomic mass is 9.87. The Labute approximate surface area is 194 Å². The van der Waals surface area contributed by atoms with Gasteiger partial charge in [-0.3, -0.25) is 19.5 Å². The zero-order valence-electron chi connectivity index (χ0n) is 16.7. The molecule has 1 aliphatic rings. The molecule has 1 aromatic rings. The van der Waals surface area contributed by atoms with Crippen molar-refractivity contribution in [1.82, 2.24) is 4.90 Å². The van der Waals surface area contributed by atoms with Crippen LogP contribution in [0, 0.1) is 11.3 Å². The van der Waals surface area contributed by atoms with Gasteiger partial charge in [-0.15, -0.1) is 0 Å². The van der Waals surface area contributed by atoms with Crippen molar-refractivity contribution < 1.29 is 19.1 Å². The minimum Gasteiger partial charge on any atom is -0.459 e. The highest BCUT2D eigenvalue weighted by molar-refractivity contribution is 6.67. The first-order valence-electron chi connectivity index (χ1n) is 9.39. The van der Waals surface area contributed by atoms with Gasteiger partial charge >= 0.3 is 5.97 Å². The lowest BCUT2D eigenvalue weighted by molar-refractivity contribution is -0.155. The number of imide groups is 1. The average molecular weight is 488 g/mol. The average Bonchev–Trinajstić information content (AvgIpc) is 2.95. The summed E-state index contributed by atoms with van der Waals surface area (Å²) in [6, 6.07) is 8.08. The zero-order valence-corrected chi connectivity index (χ0v) is 19.0. The number of halogens is 3. The van der Waals surface area contributed by atoms with Gasteiger partial charge in [-0.1, -0.05) is 46.9 Å². The number of hydrogen-bond donors (Lipinski definition) is 1. The molecule has 166 valence electrons. The van der Waals surface area contributed by atoms with E-state index in [2.05, 4.69) is 4.99 Å². The zero-order chi connectivity index (χ0) is 23.2. The normalized spacial score (nSPS) is 16.0. The van der Waals surface area contributed by atoms with E-state index in [9.17, 15) is 19.6 Å². The highest BCUT2D eigenvalue weighted by Crippen LogP contribution is 2.37. The van der Waals surface area contributed by atoms with Crippen LogP contribution in [0.25, 0.3) is 0 Å². The topological polar surface area (TPSA) is 126 Å². The summed E-state index contributed by atoms with van der Waals surface area (Å²) < 4.78 is 3.25. The van der Waals surface area contributed by atoms with Crippen LogP contribution >= 0.6 is 34.8 Å². The summed E-state index contributed by atoms with van der Waals surface area (Å²) in [6.07, 6.45) is 0.359. The Morgan fingerprint density at radius 3 is 2.26 bits per heavy atom. The van der Waals surface area contributed by atoms with Gasteiger partial charge in [0.05, 0.1) is 29.5 Å². The van der Waals surface area contributed by atoms with Crippen molar-refractivity contribution in [2.45, 2.75) is 41.9 Å². The van der Waals surface area contributed by atoms with Crippen LogP contribution in [0.1, 0.15) is 53.3 Å². The summed E-state index contributed by atoms with van der Waals surface area (Å²) in [7, 11) is 0. The molecule has 31 heavy (non-hydrogen) atoms. The largest absolute Gasteiger partial charge is 0.459 e. The number of carbonyl (C=O) groups excluding carboxylic acids is 3. The van der Waals surface area contributed by atoms with E-state index in [4.69, 9.17) is 45.3 Å². The van der Waals surface area contributed by atoms with Crippen molar-refractivity contribution in [2.75, 3.05) is 13.2 Å². The van der Waals surface area contributed by atoms with E-state index in [1.807, 2.05) is 6.07 Å². The van der Waals surface area contributed by atoms with Gasteiger partial charge < -0.3 is 10.5 Å². The molecule has 0 radical (unpaired) electrons. The van der Waals surface area contributed by atoms with E-state index in [-0.39, 0.29) is 17.5 Å². The van der Waals surface area contributed by atoms with Gasteiger partial charge in [-0.25, -0.2) is 4.79 Å². The van der Waals surface area contributed by atoms with Crippen molar-refractivity contribution in [3.05, 3.63) is 35.4 Å². The fraction of sp³-hybridized carbons (Fsp3) is 0.450. The number of nitrogens with zero attached hydrogens (tertiary/aromatic N) is 3. The Bertz CT molecular complexity index is 900.